The summed E-state index contributed by atoms with van der Waals surface area (Å²) in [6.07, 6.45) is 49.9. The van der Waals surface area contributed by atoms with Crippen LogP contribution >= 0.6 is 0 Å². The largest absolute Gasteiger partial charge is 0.394 e. The molecule has 62 heavy (non-hydrogen) atoms. The maximum Gasteiger partial charge on any atom is 0.220 e. The molecule has 360 valence electrons. The number of amides is 1. The molecule has 7 unspecified atom stereocenters. The van der Waals surface area contributed by atoms with E-state index in [0.717, 1.165) is 77.0 Å². The summed E-state index contributed by atoms with van der Waals surface area (Å²) >= 11 is 0. The van der Waals surface area contributed by atoms with Gasteiger partial charge in [0.1, 0.15) is 24.4 Å². The predicted octanol–water partition coefficient (Wildman–Crippen LogP) is 11.6. The van der Waals surface area contributed by atoms with Gasteiger partial charge in [0, 0.05) is 6.42 Å². The number of ether oxygens (including phenoxy) is 2. The minimum atomic E-state index is -1.58. The van der Waals surface area contributed by atoms with E-state index in [1.54, 1.807) is 6.08 Å². The monoisotopic (exact) mass is 874 g/mol. The normalized spacial score (nSPS) is 20.8. The first-order valence-electron chi connectivity index (χ1n) is 25.5. The Morgan fingerprint density at radius 1 is 0.565 bits per heavy atom. The summed E-state index contributed by atoms with van der Waals surface area (Å²) in [4.78, 5) is 13.0. The molecule has 0 aromatic rings. The lowest BCUT2D eigenvalue weighted by atomic mass is 9.99. The first-order chi connectivity index (χ1) is 30.3. The molecule has 0 aliphatic carbocycles. The van der Waals surface area contributed by atoms with Crippen LogP contribution in [0.1, 0.15) is 213 Å². The van der Waals surface area contributed by atoms with E-state index in [1.807, 2.05) is 6.08 Å². The Balaban J connectivity index is 2.31. The lowest BCUT2D eigenvalue weighted by molar-refractivity contribution is -0.302. The Morgan fingerprint density at radius 2 is 1.02 bits per heavy atom. The van der Waals surface area contributed by atoms with Crippen LogP contribution in [-0.4, -0.2) is 87.5 Å². The molecule has 1 aliphatic heterocycles. The molecule has 0 bridgehead atoms. The van der Waals surface area contributed by atoms with E-state index in [9.17, 15) is 30.3 Å². The maximum atomic E-state index is 13.0. The van der Waals surface area contributed by atoms with Crippen molar-refractivity contribution in [3.05, 3.63) is 60.8 Å². The van der Waals surface area contributed by atoms with Gasteiger partial charge in [0.25, 0.3) is 0 Å². The van der Waals surface area contributed by atoms with Crippen molar-refractivity contribution in [1.82, 2.24) is 5.32 Å². The summed E-state index contributed by atoms with van der Waals surface area (Å²) in [6.45, 7) is 3.64. The van der Waals surface area contributed by atoms with Crippen LogP contribution < -0.4 is 5.32 Å². The Bertz CT molecular complexity index is 1150. The van der Waals surface area contributed by atoms with Gasteiger partial charge < -0.3 is 40.3 Å². The van der Waals surface area contributed by atoms with Gasteiger partial charge >= 0.3 is 0 Å². The van der Waals surface area contributed by atoms with Crippen LogP contribution in [0.25, 0.3) is 0 Å². The van der Waals surface area contributed by atoms with Gasteiger partial charge in [0.2, 0.25) is 5.91 Å². The molecule has 0 saturated carbocycles. The zero-order valence-electron chi connectivity index (χ0n) is 39.6. The minimum Gasteiger partial charge on any atom is -0.394 e. The summed E-state index contributed by atoms with van der Waals surface area (Å²) in [5.41, 5.74) is 0. The molecular weight excluding hydrogens is 779 g/mol. The van der Waals surface area contributed by atoms with Gasteiger partial charge in [0.05, 0.1) is 25.4 Å². The zero-order chi connectivity index (χ0) is 45.1. The maximum absolute atomic E-state index is 13.0. The highest BCUT2D eigenvalue weighted by Gasteiger charge is 2.44. The molecule has 7 atom stereocenters. The summed E-state index contributed by atoms with van der Waals surface area (Å²) in [5, 5.41) is 54.3. The van der Waals surface area contributed by atoms with Crippen molar-refractivity contribution in [2.24, 2.45) is 0 Å². The third-order valence-corrected chi connectivity index (χ3v) is 11.8. The number of rotatable bonds is 42. The van der Waals surface area contributed by atoms with Crippen LogP contribution in [0.2, 0.25) is 0 Å². The van der Waals surface area contributed by atoms with E-state index >= 15 is 0 Å². The SMILES string of the molecule is CC/C=C\C/C=C\C/C=C\CCCCCCCC(=O)NC(COC1OC(CO)C(O)C(O)C1O)C(O)/C=C/CC/C=C/CCCCCCCCCCCCCCCCCCCC. The summed E-state index contributed by atoms with van der Waals surface area (Å²) in [7, 11) is 0. The number of unbranched alkanes of at least 4 members (excludes halogenated alkanes) is 24. The second-order valence-corrected chi connectivity index (χ2v) is 17.6. The number of aliphatic hydroxyl groups excluding tert-OH is 5. The van der Waals surface area contributed by atoms with Crippen LogP contribution in [0, 0.1) is 0 Å². The number of aliphatic hydroxyl groups is 5. The van der Waals surface area contributed by atoms with Gasteiger partial charge in [-0.05, 0) is 64.2 Å². The molecule has 1 heterocycles. The fourth-order valence-corrected chi connectivity index (χ4v) is 7.77. The highest BCUT2D eigenvalue weighted by Crippen LogP contribution is 2.23. The van der Waals surface area contributed by atoms with E-state index in [0.29, 0.717) is 6.42 Å². The van der Waals surface area contributed by atoms with Crippen molar-refractivity contribution in [2.75, 3.05) is 13.2 Å². The molecule has 1 aliphatic rings. The van der Waals surface area contributed by atoms with Crippen molar-refractivity contribution < 1.29 is 39.8 Å². The molecule has 1 amide bonds. The third-order valence-electron chi connectivity index (χ3n) is 11.8. The average Bonchev–Trinajstić information content (AvgIpc) is 3.27. The van der Waals surface area contributed by atoms with Crippen LogP contribution in [0.15, 0.2) is 60.8 Å². The number of hydrogen-bond acceptors (Lipinski definition) is 8. The minimum absolute atomic E-state index is 0.205. The Labute approximate surface area is 379 Å². The molecule has 0 spiro atoms. The molecule has 9 nitrogen and oxygen atoms in total. The Kier molecular flexibility index (Phi) is 40.0. The van der Waals surface area contributed by atoms with Crippen LogP contribution in [0.4, 0.5) is 0 Å². The Hall–Kier alpha value is -2.11. The second kappa shape index (κ2) is 42.8. The summed E-state index contributed by atoms with van der Waals surface area (Å²) in [5.74, 6) is -0.205. The fraction of sp³-hybridized carbons (Fsp3) is 0.792. The highest BCUT2D eigenvalue weighted by molar-refractivity contribution is 5.76. The molecule has 1 saturated heterocycles. The standard InChI is InChI=1S/C53H95NO8/c1-3-5-7-9-11-13-15-17-19-20-21-22-23-24-25-26-27-29-30-32-34-36-38-40-42-47(56)46(45-61-53-52(60)51(59)50(58)48(44-55)62-53)54-49(57)43-41-39-37-35-33-31-28-18-16-14-12-10-8-6-4-2/h6,8,12,14,18,28,32,34,40,42,46-48,50-53,55-56,58-60H,3-5,7,9-11,13,15-17,19-27,29-31,33,35-39,41,43-45H2,1-2H3,(H,54,57)/b8-6-,14-12-,28-18-,34-32+,42-40+. The van der Waals surface area contributed by atoms with Gasteiger partial charge in [0.15, 0.2) is 6.29 Å². The van der Waals surface area contributed by atoms with E-state index < -0.39 is 49.5 Å². The summed E-state index contributed by atoms with van der Waals surface area (Å²) < 4.78 is 11.2. The first kappa shape index (κ1) is 57.9. The molecule has 1 fully saturated rings. The lowest BCUT2D eigenvalue weighted by Crippen LogP contribution is -2.60. The van der Waals surface area contributed by atoms with E-state index in [4.69, 9.17) is 9.47 Å². The fourth-order valence-electron chi connectivity index (χ4n) is 7.77. The predicted molar refractivity (Wildman–Crippen MR) is 258 cm³/mol. The van der Waals surface area contributed by atoms with Crippen molar-refractivity contribution in [2.45, 2.75) is 256 Å². The van der Waals surface area contributed by atoms with E-state index in [1.165, 1.54) is 116 Å². The quantitative estimate of drug-likeness (QED) is 0.0262. The van der Waals surface area contributed by atoms with Gasteiger partial charge in [-0.2, -0.15) is 0 Å². The van der Waals surface area contributed by atoms with Gasteiger partial charge in [-0.25, -0.2) is 0 Å². The molecule has 0 radical (unpaired) electrons. The third kappa shape index (κ3) is 32.5. The van der Waals surface area contributed by atoms with Gasteiger partial charge in [-0.3, -0.25) is 4.79 Å². The molecule has 0 aromatic heterocycles. The van der Waals surface area contributed by atoms with Crippen LogP contribution in [-0.2, 0) is 14.3 Å². The lowest BCUT2D eigenvalue weighted by Gasteiger charge is -2.40. The van der Waals surface area contributed by atoms with Crippen molar-refractivity contribution in [3.8, 4) is 0 Å². The molecule has 1 rings (SSSR count). The molecule has 6 N–H and O–H groups in total. The van der Waals surface area contributed by atoms with Gasteiger partial charge in [-0.15, -0.1) is 0 Å². The van der Waals surface area contributed by atoms with E-state index in [-0.39, 0.29) is 12.5 Å². The molecule has 0 aromatic carbocycles. The molecular formula is C53H95NO8. The van der Waals surface area contributed by atoms with Crippen molar-refractivity contribution in [3.63, 3.8) is 0 Å². The number of hydrogen-bond donors (Lipinski definition) is 6. The van der Waals surface area contributed by atoms with Crippen LogP contribution in [0.3, 0.4) is 0 Å². The topological polar surface area (TPSA) is 149 Å². The Morgan fingerprint density at radius 3 is 1.55 bits per heavy atom. The van der Waals surface area contributed by atoms with Gasteiger partial charge in [-0.1, -0.05) is 203 Å². The number of carbonyl (C=O) groups is 1. The molecule has 9 heteroatoms. The smallest absolute Gasteiger partial charge is 0.220 e. The highest BCUT2D eigenvalue weighted by atomic mass is 16.7. The first-order valence-corrected chi connectivity index (χ1v) is 25.5. The zero-order valence-corrected chi connectivity index (χ0v) is 39.6. The van der Waals surface area contributed by atoms with E-state index in [2.05, 4.69) is 67.8 Å². The number of nitrogens with one attached hydrogen (secondary N) is 1. The number of carbonyl (C=O) groups excluding carboxylic acids is 1. The average molecular weight is 874 g/mol. The van der Waals surface area contributed by atoms with Crippen molar-refractivity contribution in [1.29, 1.82) is 0 Å². The number of allylic oxidation sites excluding steroid dienone is 9. The van der Waals surface area contributed by atoms with Crippen LogP contribution in [0.5, 0.6) is 0 Å². The summed E-state index contributed by atoms with van der Waals surface area (Å²) in [6, 6.07) is -0.833. The second-order valence-electron chi connectivity index (χ2n) is 17.6. The van der Waals surface area contributed by atoms with Crippen molar-refractivity contribution >= 4 is 5.91 Å².